The Bertz CT molecular complexity index is 940. The summed E-state index contributed by atoms with van der Waals surface area (Å²) in [6.07, 6.45) is 2.69. The molecule has 1 atom stereocenters. The fraction of sp³-hybridized carbons (Fsp3) is 0.409. The monoisotopic (exact) mass is 427 g/mol. The Balaban J connectivity index is 1.27. The second kappa shape index (κ2) is 9.75. The summed E-state index contributed by atoms with van der Waals surface area (Å²) in [7, 11) is 0. The first-order chi connectivity index (χ1) is 14.7. The molecule has 1 aromatic carbocycles. The van der Waals surface area contributed by atoms with Crippen LogP contribution in [0.3, 0.4) is 0 Å². The van der Waals surface area contributed by atoms with Gasteiger partial charge in [0.05, 0.1) is 6.61 Å². The maximum atomic E-state index is 12.6. The Morgan fingerprint density at radius 3 is 2.77 bits per heavy atom. The number of piperidine rings is 1. The number of aromatic nitrogens is 2. The molecule has 0 radical (unpaired) electrons. The number of carbonyl (C=O) groups is 1. The van der Waals surface area contributed by atoms with Gasteiger partial charge in [0.15, 0.2) is 6.61 Å². The van der Waals surface area contributed by atoms with Crippen molar-refractivity contribution in [1.29, 1.82) is 0 Å². The molecule has 4 rings (SSSR count). The van der Waals surface area contributed by atoms with Crippen molar-refractivity contribution in [1.82, 2.24) is 15.0 Å². The minimum Gasteiger partial charge on any atom is -0.494 e. The summed E-state index contributed by atoms with van der Waals surface area (Å²) in [5.74, 6) is 3.01. The lowest BCUT2D eigenvalue weighted by Gasteiger charge is -2.32. The molecule has 1 fully saturated rings. The van der Waals surface area contributed by atoms with E-state index in [1.807, 2.05) is 52.9 Å². The first-order valence-electron chi connectivity index (χ1n) is 10.2. The van der Waals surface area contributed by atoms with Crippen LogP contribution in [-0.2, 0) is 11.2 Å². The van der Waals surface area contributed by atoms with E-state index < -0.39 is 0 Å². The Kier molecular flexibility index (Phi) is 6.63. The molecule has 158 valence electrons. The molecule has 3 heterocycles. The second-order valence-electron chi connectivity index (χ2n) is 7.27. The van der Waals surface area contributed by atoms with E-state index in [9.17, 15) is 4.79 Å². The molecule has 1 saturated heterocycles. The summed E-state index contributed by atoms with van der Waals surface area (Å²) in [5, 5.41) is 8.06. The van der Waals surface area contributed by atoms with E-state index in [1.165, 1.54) is 0 Å². The van der Waals surface area contributed by atoms with Crippen LogP contribution in [-0.4, -0.2) is 47.3 Å². The third-order valence-corrected chi connectivity index (χ3v) is 5.76. The van der Waals surface area contributed by atoms with Crippen LogP contribution >= 0.6 is 11.3 Å². The lowest BCUT2D eigenvalue weighted by atomic mass is 9.95. The van der Waals surface area contributed by atoms with E-state index in [0.29, 0.717) is 43.0 Å². The Morgan fingerprint density at radius 2 is 2.03 bits per heavy atom. The maximum absolute atomic E-state index is 12.6. The van der Waals surface area contributed by atoms with Crippen molar-refractivity contribution >= 4 is 17.2 Å². The summed E-state index contributed by atoms with van der Waals surface area (Å²) in [6, 6.07) is 9.30. The predicted octanol–water partition coefficient (Wildman–Crippen LogP) is 4.06. The van der Waals surface area contributed by atoms with E-state index in [0.717, 1.165) is 30.7 Å². The largest absolute Gasteiger partial charge is 0.494 e. The molecule has 0 saturated carbocycles. The van der Waals surface area contributed by atoms with Crippen molar-refractivity contribution in [2.75, 3.05) is 26.3 Å². The van der Waals surface area contributed by atoms with E-state index in [4.69, 9.17) is 14.0 Å². The van der Waals surface area contributed by atoms with Crippen LogP contribution < -0.4 is 9.47 Å². The van der Waals surface area contributed by atoms with Gasteiger partial charge >= 0.3 is 0 Å². The summed E-state index contributed by atoms with van der Waals surface area (Å²) < 4.78 is 16.5. The van der Waals surface area contributed by atoms with E-state index in [1.54, 1.807) is 11.3 Å². The van der Waals surface area contributed by atoms with Crippen molar-refractivity contribution in [3.63, 3.8) is 0 Å². The number of nitrogens with zero attached hydrogens (tertiary/aromatic N) is 3. The second-order valence-corrected chi connectivity index (χ2v) is 8.05. The molecule has 1 unspecified atom stereocenters. The minimum atomic E-state index is -0.00178. The average Bonchev–Trinajstić information content (AvgIpc) is 3.45. The summed E-state index contributed by atoms with van der Waals surface area (Å²) in [4.78, 5) is 19.0. The molecule has 0 aliphatic carbocycles. The van der Waals surface area contributed by atoms with E-state index >= 15 is 0 Å². The topological polar surface area (TPSA) is 77.7 Å². The number of likely N-dealkylation sites (tertiary alicyclic amines) is 1. The number of thiophene rings is 1. The van der Waals surface area contributed by atoms with Gasteiger partial charge in [0.2, 0.25) is 11.7 Å². The zero-order valence-corrected chi connectivity index (χ0v) is 17.8. The first-order valence-corrected chi connectivity index (χ1v) is 11.1. The molecule has 30 heavy (non-hydrogen) atoms. The highest BCUT2D eigenvalue weighted by molar-refractivity contribution is 7.08. The number of carbonyl (C=O) groups excluding carboxylic acids is 1. The van der Waals surface area contributed by atoms with Gasteiger partial charge in [-0.2, -0.15) is 16.3 Å². The van der Waals surface area contributed by atoms with E-state index in [2.05, 4.69) is 10.1 Å². The smallest absolute Gasteiger partial charge is 0.260 e. The molecule has 1 amide bonds. The summed E-state index contributed by atoms with van der Waals surface area (Å²) in [5.41, 5.74) is 0.974. The van der Waals surface area contributed by atoms with Crippen LogP contribution in [0.2, 0.25) is 0 Å². The van der Waals surface area contributed by atoms with Crippen LogP contribution in [0, 0.1) is 5.92 Å². The van der Waals surface area contributed by atoms with Gasteiger partial charge in [-0.3, -0.25) is 4.79 Å². The predicted molar refractivity (Wildman–Crippen MR) is 114 cm³/mol. The number of benzene rings is 1. The summed E-state index contributed by atoms with van der Waals surface area (Å²) in [6.45, 7) is 4.03. The Hall–Kier alpha value is -2.87. The number of hydrogen-bond donors (Lipinski definition) is 0. The Morgan fingerprint density at radius 1 is 1.23 bits per heavy atom. The van der Waals surface area contributed by atoms with Crippen molar-refractivity contribution < 1.29 is 18.8 Å². The average molecular weight is 428 g/mol. The van der Waals surface area contributed by atoms with Crippen molar-refractivity contribution in [3.8, 4) is 22.9 Å². The number of rotatable bonds is 8. The van der Waals surface area contributed by atoms with Gasteiger partial charge in [-0.1, -0.05) is 5.16 Å². The first kappa shape index (κ1) is 20.4. The van der Waals surface area contributed by atoms with Gasteiger partial charge in [-0.15, -0.1) is 0 Å². The summed E-state index contributed by atoms with van der Waals surface area (Å²) >= 11 is 1.60. The van der Waals surface area contributed by atoms with Gasteiger partial charge in [0, 0.05) is 30.5 Å². The van der Waals surface area contributed by atoms with E-state index in [-0.39, 0.29) is 12.5 Å². The molecule has 3 aromatic rings. The normalized spacial score (nSPS) is 16.4. The fourth-order valence-electron chi connectivity index (χ4n) is 3.59. The zero-order chi connectivity index (χ0) is 20.8. The third-order valence-electron chi connectivity index (χ3n) is 5.08. The van der Waals surface area contributed by atoms with Crippen LogP contribution in [0.25, 0.3) is 11.4 Å². The standard InChI is InChI=1S/C22H25N3O4S/c1-2-27-18-5-7-19(8-6-18)28-14-21(26)25-10-3-4-16(13-25)12-20-23-22(24-29-20)17-9-11-30-15-17/h5-9,11,15-16H,2-4,10,12-14H2,1H3. The molecule has 1 aliphatic rings. The number of amides is 1. The molecule has 0 N–H and O–H groups in total. The van der Waals surface area contributed by atoms with Gasteiger partial charge in [0.25, 0.3) is 5.91 Å². The highest BCUT2D eigenvalue weighted by Gasteiger charge is 2.26. The van der Waals surface area contributed by atoms with Crippen LogP contribution in [0.15, 0.2) is 45.6 Å². The lowest BCUT2D eigenvalue weighted by molar-refractivity contribution is -0.135. The van der Waals surface area contributed by atoms with Gasteiger partial charge in [-0.25, -0.2) is 0 Å². The fourth-order valence-corrected chi connectivity index (χ4v) is 4.22. The SMILES string of the molecule is CCOc1ccc(OCC(=O)N2CCCC(Cc3nc(-c4ccsc4)no3)C2)cc1. The quantitative estimate of drug-likeness (QED) is 0.540. The highest BCUT2D eigenvalue weighted by atomic mass is 32.1. The van der Waals surface area contributed by atoms with Crippen LogP contribution in [0.4, 0.5) is 0 Å². The van der Waals surface area contributed by atoms with Gasteiger partial charge < -0.3 is 18.9 Å². The maximum Gasteiger partial charge on any atom is 0.260 e. The molecule has 0 bridgehead atoms. The van der Waals surface area contributed by atoms with Crippen molar-refractivity contribution in [2.24, 2.45) is 5.92 Å². The molecule has 2 aromatic heterocycles. The van der Waals surface area contributed by atoms with Crippen molar-refractivity contribution in [2.45, 2.75) is 26.2 Å². The molecular formula is C22H25N3O4S. The van der Waals surface area contributed by atoms with Gasteiger partial charge in [0.1, 0.15) is 11.5 Å². The van der Waals surface area contributed by atoms with Crippen LogP contribution in [0.1, 0.15) is 25.7 Å². The third kappa shape index (κ3) is 5.18. The number of ether oxygens (including phenoxy) is 2. The molecule has 8 heteroatoms. The molecule has 0 spiro atoms. The molecule has 1 aliphatic heterocycles. The number of hydrogen-bond acceptors (Lipinski definition) is 7. The van der Waals surface area contributed by atoms with Crippen molar-refractivity contribution in [3.05, 3.63) is 47.0 Å². The van der Waals surface area contributed by atoms with Gasteiger partial charge in [-0.05, 0) is 61.4 Å². The van der Waals surface area contributed by atoms with Crippen LogP contribution in [0.5, 0.6) is 11.5 Å². The minimum absolute atomic E-state index is 0.00178. The Labute approximate surface area is 179 Å². The molecule has 7 nitrogen and oxygen atoms in total. The highest BCUT2D eigenvalue weighted by Crippen LogP contribution is 2.24. The molecular weight excluding hydrogens is 402 g/mol. The lowest BCUT2D eigenvalue weighted by Crippen LogP contribution is -2.42. The zero-order valence-electron chi connectivity index (χ0n) is 17.0.